The number of hydrogen-bond acceptors (Lipinski definition) is 7. The first-order valence-corrected chi connectivity index (χ1v) is 11.8. The minimum atomic E-state index is -0.0547. The third-order valence-electron chi connectivity index (χ3n) is 6.45. The van der Waals surface area contributed by atoms with Crippen molar-refractivity contribution in [2.45, 2.75) is 6.92 Å². The maximum atomic E-state index is 13.3. The summed E-state index contributed by atoms with van der Waals surface area (Å²) in [7, 11) is 4.79. The van der Waals surface area contributed by atoms with Gasteiger partial charge in [-0.2, -0.15) is 0 Å². The molecule has 1 saturated heterocycles. The molecule has 1 fully saturated rings. The summed E-state index contributed by atoms with van der Waals surface area (Å²) in [5.41, 5.74) is 3.27. The predicted octanol–water partition coefficient (Wildman–Crippen LogP) is 4.66. The zero-order chi connectivity index (χ0) is 25.2. The van der Waals surface area contributed by atoms with Crippen LogP contribution in [-0.2, 0) is 0 Å². The van der Waals surface area contributed by atoms with Crippen molar-refractivity contribution in [3.05, 3.63) is 71.3 Å². The third kappa shape index (κ3) is 4.54. The Morgan fingerprint density at radius 3 is 2.17 bits per heavy atom. The van der Waals surface area contributed by atoms with E-state index in [2.05, 4.69) is 4.90 Å². The van der Waals surface area contributed by atoms with Crippen LogP contribution in [0.1, 0.15) is 21.5 Å². The van der Waals surface area contributed by atoms with Crippen LogP contribution in [0.4, 0.5) is 5.69 Å². The Kier molecular flexibility index (Phi) is 6.41. The summed E-state index contributed by atoms with van der Waals surface area (Å²) in [6, 6.07) is 17.0. The monoisotopic (exact) mass is 487 g/mol. The number of hydrogen-bond donors (Lipinski definition) is 0. The molecule has 0 aliphatic carbocycles. The number of benzene rings is 3. The fourth-order valence-electron chi connectivity index (χ4n) is 4.46. The molecular weight excluding hydrogens is 458 g/mol. The zero-order valence-electron chi connectivity index (χ0n) is 20.9. The number of amidine groups is 1. The average molecular weight is 488 g/mol. The van der Waals surface area contributed by atoms with E-state index in [1.54, 1.807) is 39.5 Å². The first-order chi connectivity index (χ1) is 17.5. The molecular formula is C28H29N3O5. The first kappa shape index (κ1) is 23.5. The van der Waals surface area contributed by atoms with E-state index < -0.39 is 0 Å². The van der Waals surface area contributed by atoms with E-state index >= 15 is 0 Å². The summed E-state index contributed by atoms with van der Waals surface area (Å²) < 4.78 is 22.4. The molecule has 0 bridgehead atoms. The Labute approximate surface area is 210 Å². The molecule has 0 N–H and O–H groups in total. The minimum Gasteiger partial charge on any atom is -0.497 e. The van der Waals surface area contributed by atoms with Crippen molar-refractivity contribution >= 4 is 17.4 Å². The lowest BCUT2D eigenvalue weighted by Crippen LogP contribution is -2.50. The van der Waals surface area contributed by atoms with Gasteiger partial charge in [0.05, 0.1) is 26.9 Å². The quantitative estimate of drug-likeness (QED) is 0.533. The fourth-order valence-corrected chi connectivity index (χ4v) is 4.46. The van der Waals surface area contributed by atoms with Crippen molar-refractivity contribution in [1.82, 2.24) is 9.80 Å². The molecule has 36 heavy (non-hydrogen) atoms. The smallest absolute Gasteiger partial charge is 0.254 e. The SMILES string of the molecule is COc1cc(OC)cc(C(=O)N2CCN(C3=Nc4ccc(C)cc4Oc4ccc(OC)cc43)CC2)c1. The van der Waals surface area contributed by atoms with Crippen molar-refractivity contribution in [2.24, 2.45) is 4.99 Å². The molecule has 186 valence electrons. The number of fused-ring (bicyclic) bond motifs is 2. The lowest BCUT2D eigenvalue weighted by molar-refractivity contribution is 0.0691. The van der Waals surface area contributed by atoms with E-state index in [9.17, 15) is 4.79 Å². The Bertz CT molecular complexity index is 1310. The normalized spacial score (nSPS) is 14.6. The Morgan fingerprint density at radius 2 is 1.50 bits per heavy atom. The van der Waals surface area contributed by atoms with Crippen molar-refractivity contribution in [3.8, 4) is 28.7 Å². The van der Waals surface area contributed by atoms with Gasteiger partial charge in [-0.05, 0) is 55.0 Å². The van der Waals surface area contributed by atoms with Crippen LogP contribution >= 0.6 is 0 Å². The van der Waals surface area contributed by atoms with Gasteiger partial charge in [-0.1, -0.05) is 6.07 Å². The first-order valence-electron chi connectivity index (χ1n) is 11.8. The number of aryl methyl sites for hydroxylation is 1. The van der Waals surface area contributed by atoms with Gasteiger partial charge in [0.2, 0.25) is 0 Å². The summed E-state index contributed by atoms with van der Waals surface area (Å²) in [5, 5.41) is 0. The summed E-state index contributed by atoms with van der Waals surface area (Å²) in [5.74, 6) is 4.10. The molecule has 0 unspecified atom stereocenters. The second kappa shape index (κ2) is 9.81. The van der Waals surface area contributed by atoms with Gasteiger partial charge in [0.25, 0.3) is 5.91 Å². The molecule has 0 radical (unpaired) electrons. The summed E-state index contributed by atoms with van der Waals surface area (Å²) in [6.45, 7) is 4.39. The van der Waals surface area contributed by atoms with Crippen LogP contribution in [0.5, 0.6) is 28.7 Å². The van der Waals surface area contributed by atoms with Gasteiger partial charge in [-0.3, -0.25) is 4.79 Å². The number of aliphatic imine (C=N–C) groups is 1. The summed E-state index contributed by atoms with van der Waals surface area (Å²) in [4.78, 5) is 22.4. The molecule has 0 aromatic heterocycles. The van der Waals surface area contributed by atoms with Crippen LogP contribution in [0.15, 0.2) is 59.6 Å². The van der Waals surface area contributed by atoms with E-state index in [-0.39, 0.29) is 5.91 Å². The second-order valence-electron chi connectivity index (χ2n) is 8.75. The highest BCUT2D eigenvalue weighted by Crippen LogP contribution is 2.40. The number of methoxy groups -OCH3 is 3. The molecule has 5 rings (SSSR count). The summed E-state index contributed by atoms with van der Waals surface area (Å²) >= 11 is 0. The van der Waals surface area contributed by atoms with Gasteiger partial charge in [0.15, 0.2) is 5.75 Å². The highest BCUT2D eigenvalue weighted by molar-refractivity contribution is 6.04. The van der Waals surface area contributed by atoms with Crippen LogP contribution in [0.3, 0.4) is 0 Å². The van der Waals surface area contributed by atoms with Crippen LogP contribution in [0.2, 0.25) is 0 Å². The maximum absolute atomic E-state index is 13.3. The maximum Gasteiger partial charge on any atom is 0.254 e. The standard InChI is InChI=1S/C28H29N3O5/c1-18-5-7-24-26(13-18)36-25-8-6-20(33-2)17-23(25)27(29-24)30-9-11-31(12-10-30)28(32)19-14-21(34-3)16-22(15-19)35-4/h5-8,13-17H,9-12H2,1-4H3. The number of piperazine rings is 1. The van der Waals surface area contributed by atoms with Gasteiger partial charge in [-0.25, -0.2) is 4.99 Å². The molecule has 0 atom stereocenters. The van der Waals surface area contributed by atoms with Crippen LogP contribution in [-0.4, -0.2) is 69.1 Å². The van der Waals surface area contributed by atoms with E-state index in [0.29, 0.717) is 43.2 Å². The summed E-state index contributed by atoms with van der Waals surface area (Å²) in [6.07, 6.45) is 0. The second-order valence-corrected chi connectivity index (χ2v) is 8.75. The van der Waals surface area contributed by atoms with Gasteiger partial charge >= 0.3 is 0 Å². The van der Waals surface area contributed by atoms with Gasteiger partial charge in [0.1, 0.15) is 34.5 Å². The average Bonchev–Trinajstić information content (AvgIpc) is 3.08. The third-order valence-corrected chi connectivity index (χ3v) is 6.45. The number of amides is 1. The molecule has 3 aromatic rings. The van der Waals surface area contributed by atoms with Gasteiger partial charge in [0, 0.05) is 37.8 Å². The highest BCUT2D eigenvalue weighted by Gasteiger charge is 2.29. The lowest BCUT2D eigenvalue weighted by atomic mass is 10.1. The topological polar surface area (TPSA) is 72.8 Å². The largest absolute Gasteiger partial charge is 0.497 e. The number of nitrogens with zero attached hydrogens (tertiary/aromatic N) is 3. The van der Waals surface area contributed by atoms with E-state index in [4.69, 9.17) is 23.9 Å². The number of carbonyl (C=O) groups is 1. The van der Waals surface area contributed by atoms with Crippen molar-refractivity contribution in [2.75, 3.05) is 47.5 Å². The molecule has 8 heteroatoms. The van der Waals surface area contributed by atoms with E-state index in [0.717, 1.165) is 39.9 Å². The Morgan fingerprint density at radius 1 is 0.806 bits per heavy atom. The molecule has 3 aromatic carbocycles. The minimum absolute atomic E-state index is 0.0547. The molecule has 1 amide bonds. The fraction of sp³-hybridized carbons (Fsp3) is 0.286. The van der Waals surface area contributed by atoms with Crippen molar-refractivity contribution in [1.29, 1.82) is 0 Å². The van der Waals surface area contributed by atoms with Gasteiger partial charge in [-0.15, -0.1) is 0 Å². The van der Waals surface area contributed by atoms with Crippen LogP contribution in [0.25, 0.3) is 0 Å². The molecule has 2 aliphatic rings. The predicted molar refractivity (Wildman–Crippen MR) is 137 cm³/mol. The van der Waals surface area contributed by atoms with E-state index in [1.807, 2.05) is 48.2 Å². The molecule has 2 aliphatic heterocycles. The lowest BCUT2D eigenvalue weighted by Gasteiger charge is -2.36. The van der Waals surface area contributed by atoms with Crippen molar-refractivity contribution in [3.63, 3.8) is 0 Å². The van der Waals surface area contributed by atoms with Crippen LogP contribution < -0.4 is 18.9 Å². The number of ether oxygens (including phenoxy) is 4. The number of rotatable bonds is 4. The molecule has 0 spiro atoms. The van der Waals surface area contributed by atoms with Crippen molar-refractivity contribution < 1.29 is 23.7 Å². The van der Waals surface area contributed by atoms with Crippen LogP contribution in [0, 0.1) is 6.92 Å². The Hall–Kier alpha value is -4.20. The number of carbonyl (C=O) groups excluding carboxylic acids is 1. The molecule has 2 heterocycles. The zero-order valence-corrected chi connectivity index (χ0v) is 20.9. The Balaban J connectivity index is 1.42. The molecule has 8 nitrogen and oxygen atoms in total. The molecule has 0 saturated carbocycles. The van der Waals surface area contributed by atoms with Gasteiger partial charge < -0.3 is 28.7 Å². The highest BCUT2D eigenvalue weighted by atomic mass is 16.5. The van der Waals surface area contributed by atoms with E-state index in [1.165, 1.54) is 0 Å².